The predicted molar refractivity (Wildman–Crippen MR) is 78.7 cm³/mol. The summed E-state index contributed by atoms with van der Waals surface area (Å²) < 4.78 is 13.3. The van der Waals surface area contributed by atoms with Crippen LogP contribution in [0.25, 0.3) is 11.0 Å². The smallest absolute Gasteiger partial charge is 0.251 e. The Morgan fingerprint density at radius 1 is 1.29 bits per heavy atom. The lowest BCUT2D eigenvalue weighted by molar-refractivity contribution is 0.0949. The number of para-hydroxylation sites is 2. The fourth-order valence-electron chi connectivity index (χ4n) is 1.99. The Bertz CT molecular complexity index is 783. The zero-order valence-corrected chi connectivity index (χ0v) is 11.6. The first-order chi connectivity index (χ1) is 10.1. The molecule has 2 aromatic carbocycles. The van der Waals surface area contributed by atoms with E-state index in [0.717, 1.165) is 17.1 Å². The number of rotatable bonds is 3. The molecule has 21 heavy (non-hydrogen) atoms. The summed E-state index contributed by atoms with van der Waals surface area (Å²) in [6.07, 6.45) is 0. The van der Waals surface area contributed by atoms with Crippen LogP contribution in [0.5, 0.6) is 0 Å². The quantitative estimate of drug-likeness (QED) is 0.780. The summed E-state index contributed by atoms with van der Waals surface area (Å²) >= 11 is 5.58. The number of halogens is 2. The van der Waals surface area contributed by atoms with E-state index in [1.54, 1.807) is 0 Å². The van der Waals surface area contributed by atoms with Crippen LogP contribution in [0.3, 0.4) is 0 Å². The van der Waals surface area contributed by atoms with Gasteiger partial charge in [0, 0.05) is 5.56 Å². The largest absolute Gasteiger partial charge is 0.345 e. The van der Waals surface area contributed by atoms with Crippen molar-refractivity contribution in [2.75, 3.05) is 0 Å². The van der Waals surface area contributed by atoms with Gasteiger partial charge in [-0.1, -0.05) is 23.7 Å². The Hall–Kier alpha value is -2.40. The molecule has 0 aliphatic heterocycles. The number of aromatic amines is 1. The average molecular weight is 304 g/mol. The second-order valence-electron chi connectivity index (χ2n) is 4.51. The molecular weight excluding hydrogens is 293 g/mol. The Labute approximate surface area is 125 Å². The van der Waals surface area contributed by atoms with E-state index in [4.69, 9.17) is 11.6 Å². The normalized spacial score (nSPS) is 10.8. The van der Waals surface area contributed by atoms with Crippen molar-refractivity contribution < 1.29 is 9.18 Å². The van der Waals surface area contributed by atoms with E-state index in [2.05, 4.69) is 15.3 Å². The fourth-order valence-corrected chi connectivity index (χ4v) is 2.11. The molecule has 0 spiro atoms. The minimum Gasteiger partial charge on any atom is -0.345 e. The highest BCUT2D eigenvalue weighted by atomic mass is 35.5. The van der Waals surface area contributed by atoms with Crippen molar-refractivity contribution in [3.05, 3.63) is 64.7 Å². The molecule has 4 nitrogen and oxygen atoms in total. The van der Waals surface area contributed by atoms with Crippen molar-refractivity contribution >= 4 is 28.5 Å². The van der Waals surface area contributed by atoms with Gasteiger partial charge in [0.25, 0.3) is 5.91 Å². The summed E-state index contributed by atoms with van der Waals surface area (Å²) in [5.41, 5.74) is 1.95. The average Bonchev–Trinajstić information content (AvgIpc) is 2.90. The van der Waals surface area contributed by atoms with Crippen LogP contribution in [0.2, 0.25) is 5.02 Å². The maximum absolute atomic E-state index is 13.3. The molecule has 0 atom stereocenters. The monoisotopic (exact) mass is 303 g/mol. The van der Waals surface area contributed by atoms with E-state index in [1.807, 2.05) is 24.3 Å². The van der Waals surface area contributed by atoms with Gasteiger partial charge in [0.05, 0.1) is 22.6 Å². The number of aromatic nitrogens is 2. The molecule has 0 bridgehead atoms. The third-order valence-corrected chi connectivity index (χ3v) is 3.34. The van der Waals surface area contributed by atoms with E-state index >= 15 is 0 Å². The number of amides is 1. The molecule has 0 saturated heterocycles. The molecule has 3 rings (SSSR count). The third-order valence-electron chi connectivity index (χ3n) is 3.04. The van der Waals surface area contributed by atoms with Gasteiger partial charge in [-0.2, -0.15) is 0 Å². The summed E-state index contributed by atoms with van der Waals surface area (Å²) in [6, 6.07) is 11.5. The number of imidazole rings is 1. The van der Waals surface area contributed by atoms with Crippen molar-refractivity contribution in [3.63, 3.8) is 0 Å². The number of nitrogens with zero attached hydrogens (tertiary/aromatic N) is 1. The molecule has 2 N–H and O–H groups in total. The molecule has 0 saturated carbocycles. The molecule has 0 radical (unpaired) electrons. The first-order valence-electron chi connectivity index (χ1n) is 6.30. The lowest BCUT2D eigenvalue weighted by Crippen LogP contribution is -2.23. The molecule has 0 aliphatic carbocycles. The second kappa shape index (κ2) is 5.54. The van der Waals surface area contributed by atoms with E-state index in [0.29, 0.717) is 5.82 Å². The van der Waals surface area contributed by atoms with E-state index in [-0.39, 0.29) is 23.0 Å². The second-order valence-corrected chi connectivity index (χ2v) is 4.92. The van der Waals surface area contributed by atoms with Gasteiger partial charge < -0.3 is 10.3 Å². The van der Waals surface area contributed by atoms with Crippen molar-refractivity contribution in [3.8, 4) is 0 Å². The summed E-state index contributed by atoms with van der Waals surface area (Å²) in [5.74, 6) is -0.363. The molecule has 0 fully saturated rings. The number of H-pyrrole nitrogens is 1. The molecular formula is C15H11ClFN3O. The number of hydrogen-bond acceptors (Lipinski definition) is 2. The molecule has 0 unspecified atom stereocenters. The van der Waals surface area contributed by atoms with Crippen LogP contribution in [0.15, 0.2) is 42.5 Å². The highest BCUT2D eigenvalue weighted by Gasteiger charge is 2.09. The van der Waals surface area contributed by atoms with Gasteiger partial charge in [-0.25, -0.2) is 9.37 Å². The van der Waals surface area contributed by atoms with Gasteiger partial charge in [0.2, 0.25) is 0 Å². The third kappa shape index (κ3) is 2.87. The Balaban J connectivity index is 1.71. The summed E-state index contributed by atoms with van der Waals surface area (Å²) in [6.45, 7) is 0.234. The summed E-state index contributed by atoms with van der Waals surface area (Å²) in [4.78, 5) is 19.4. The first-order valence-corrected chi connectivity index (χ1v) is 6.68. The molecule has 0 aliphatic rings. The number of carbonyl (C=O) groups excluding carboxylic acids is 1. The lowest BCUT2D eigenvalue weighted by atomic mass is 10.2. The van der Waals surface area contributed by atoms with E-state index < -0.39 is 5.82 Å². The predicted octanol–water partition coefficient (Wildman–Crippen LogP) is 3.29. The summed E-state index contributed by atoms with van der Waals surface area (Å²) in [7, 11) is 0. The van der Waals surface area contributed by atoms with Crippen molar-refractivity contribution in [1.82, 2.24) is 15.3 Å². The molecule has 1 aromatic heterocycles. The lowest BCUT2D eigenvalue weighted by Gasteiger charge is -2.04. The van der Waals surface area contributed by atoms with Crippen molar-refractivity contribution in [2.24, 2.45) is 0 Å². The van der Waals surface area contributed by atoms with Crippen LogP contribution in [0, 0.1) is 5.82 Å². The van der Waals surface area contributed by atoms with Crippen LogP contribution in [-0.4, -0.2) is 15.9 Å². The van der Waals surface area contributed by atoms with Gasteiger partial charge in [0.15, 0.2) is 0 Å². The number of fused-ring (bicyclic) bond motifs is 1. The van der Waals surface area contributed by atoms with Gasteiger partial charge in [-0.15, -0.1) is 0 Å². The Morgan fingerprint density at radius 2 is 2.10 bits per heavy atom. The molecule has 106 valence electrons. The van der Waals surface area contributed by atoms with Gasteiger partial charge >= 0.3 is 0 Å². The number of benzene rings is 2. The molecule has 6 heteroatoms. The number of carbonyl (C=O) groups is 1. The van der Waals surface area contributed by atoms with Crippen LogP contribution in [-0.2, 0) is 6.54 Å². The van der Waals surface area contributed by atoms with Crippen LogP contribution >= 0.6 is 11.6 Å². The Morgan fingerprint density at radius 3 is 2.86 bits per heavy atom. The minimum absolute atomic E-state index is 0.0103. The van der Waals surface area contributed by atoms with Crippen molar-refractivity contribution in [2.45, 2.75) is 6.54 Å². The van der Waals surface area contributed by atoms with Crippen molar-refractivity contribution in [1.29, 1.82) is 0 Å². The molecule has 3 aromatic rings. The SMILES string of the molecule is O=C(NCc1nc2ccccc2[nH]1)c1ccc(Cl)c(F)c1. The highest BCUT2D eigenvalue weighted by Crippen LogP contribution is 2.15. The molecule has 1 heterocycles. The van der Waals surface area contributed by atoms with E-state index in [1.165, 1.54) is 12.1 Å². The zero-order valence-electron chi connectivity index (χ0n) is 10.9. The minimum atomic E-state index is -0.618. The zero-order chi connectivity index (χ0) is 14.8. The highest BCUT2D eigenvalue weighted by molar-refractivity contribution is 6.30. The first kappa shape index (κ1) is 13.6. The number of nitrogens with one attached hydrogen (secondary N) is 2. The van der Waals surface area contributed by atoms with Crippen LogP contribution in [0.1, 0.15) is 16.2 Å². The van der Waals surface area contributed by atoms with Crippen LogP contribution < -0.4 is 5.32 Å². The number of hydrogen-bond donors (Lipinski definition) is 2. The summed E-state index contributed by atoms with van der Waals surface area (Å²) in [5, 5.41) is 2.67. The standard InChI is InChI=1S/C15H11ClFN3O/c16-10-6-5-9(7-11(10)17)15(21)18-8-14-19-12-3-1-2-4-13(12)20-14/h1-7H,8H2,(H,18,21)(H,19,20). The fraction of sp³-hybridized carbons (Fsp3) is 0.0667. The van der Waals surface area contributed by atoms with Gasteiger partial charge in [0.1, 0.15) is 11.6 Å². The maximum atomic E-state index is 13.3. The van der Waals surface area contributed by atoms with E-state index in [9.17, 15) is 9.18 Å². The molecule has 1 amide bonds. The van der Waals surface area contributed by atoms with Crippen LogP contribution in [0.4, 0.5) is 4.39 Å². The maximum Gasteiger partial charge on any atom is 0.251 e. The van der Waals surface area contributed by atoms with Gasteiger partial charge in [-0.3, -0.25) is 4.79 Å². The topological polar surface area (TPSA) is 57.8 Å². The Kier molecular flexibility index (Phi) is 3.58. The van der Waals surface area contributed by atoms with Gasteiger partial charge in [-0.05, 0) is 30.3 Å².